The molecule has 0 unspecified atom stereocenters. The molecule has 0 saturated heterocycles. The van der Waals surface area contributed by atoms with Crippen molar-refractivity contribution in [3.05, 3.63) is 64.0 Å². The van der Waals surface area contributed by atoms with E-state index in [0.717, 1.165) is 0 Å². The van der Waals surface area contributed by atoms with Crippen molar-refractivity contribution in [2.45, 2.75) is 0 Å². The van der Waals surface area contributed by atoms with E-state index >= 15 is 0 Å². The van der Waals surface area contributed by atoms with Gasteiger partial charge in [0.25, 0.3) is 0 Å². The van der Waals surface area contributed by atoms with Crippen molar-refractivity contribution in [3.63, 3.8) is 0 Å². The standard InChI is InChI=1S/C16H13N3O5/c1-24-16-7-2-11(9-15(16)19(22)23)8-13(10-17)12-3-5-14(6-4-12)18(20)21/h2-9,22-23H,1H3/q-2. The van der Waals surface area contributed by atoms with Gasteiger partial charge in [0, 0.05) is 5.69 Å². The number of hydrogen-bond acceptors (Lipinski definition) is 8. The fourth-order valence-electron chi connectivity index (χ4n) is 2.06. The van der Waals surface area contributed by atoms with Crippen molar-refractivity contribution in [2.24, 2.45) is 0 Å². The molecule has 2 N–H and O–H groups in total. The molecule has 0 aromatic heterocycles. The third kappa shape index (κ3) is 3.81. The first-order valence-electron chi connectivity index (χ1n) is 6.69. The normalized spacial score (nSPS) is 10.9. The quantitative estimate of drug-likeness (QED) is 0.487. The van der Waals surface area contributed by atoms with Crippen LogP contribution in [0.15, 0.2) is 42.5 Å². The third-order valence-corrected chi connectivity index (χ3v) is 3.24. The Morgan fingerprint density at radius 3 is 2.33 bits per heavy atom. The van der Waals surface area contributed by atoms with Gasteiger partial charge in [0.05, 0.1) is 18.8 Å². The molecule has 0 aliphatic rings. The van der Waals surface area contributed by atoms with Crippen molar-refractivity contribution in [2.75, 3.05) is 17.6 Å². The summed E-state index contributed by atoms with van der Waals surface area (Å²) in [6, 6.07) is 12.2. The zero-order valence-electron chi connectivity index (χ0n) is 12.6. The van der Waals surface area contributed by atoms with Gasteiger partial charge in [0.2, 0.25) is 0 Å². The molecule has 0 amide bonds. The first-order chi connectivity index (χ1) is 11.5. The molecule has 124 valence electrons. The molecule has 0 saturated carbocycles. The van der Waals surface area contributed by atoms with E-state index in [-0.39, 0.29) is 27.9 Å². The summed E-state index contributed by atoms with van der Waals surface area (Å²) >= 11 is 0. The Labute approximate surface area is 137 Å². The van der Waals surface area contributed by atoms with Crippen LogP contribution in [0.2, 0.25) is 0 Å². The fraction of sp³-hybridized carbons (Fsp3) is 0.0625. The summed E-state index contributed by atoms with van der Waals surface area (Å²) in [6.07, 6.45) is 1.52. The molecular weight excluding hydrogens is 314 g/mol. The number of rotatable bonds is 5. The number of nitriles is 1. The van der Waals surface area contributed by atoms with Gasteiger partial charge in [0.1, 0.15) is 11.4 Å². The van der Waals surface area contributed by atoms with Crippen LogP contribution in [0, 0.1) is 21.7 Å². The minimum Gasteiger partial charge on any atom is -0.769 e. The number of benzene rings is 2. The maximum Gasteiger partial charge on any atom is 0.147 e. The van der Waals surface area contributed by atoms with E-state index in [1.165, 1.54) is 49.6 Å². The van der Waals surface area contributed by atoms with Crippen molar-refractivity contribution >= 4 is 23.0 Å². The predicted octanol–water partition coefficient (Wildman–Crippen LogP) is 3.15. The van der Waals surface area contributed by atoms with Crippen LogP contribution in [0.1, 0.15) is 11.1 Å². The lowest BCUT2D eigenvalue weighted by Crippen LogP contribution is -2.12. The number of methoxy groups -OCH3 is 1. The molecule has 0 aliphatic heterocycles. The van der Waals surface area contributed by atoms with E-state index in [9.17, 15) is 26.1 Å². The molecular formula is C16H13N3O5-2. The average molecular weight is 327 g/mol. The third-order valence-electron chi connectivity index (χ3n) is 3.24. The van der Waals surface area contributed by atoms with Crippen LogP contribution in [0.3, 0.4) is 0 Å². The van der Waals surface area contributed by atoms with Gasteiger partial charge in [-0.25, -0.2) is 0 Å². The van der Waals surface area contributed by atoms with Crippen LogP contribution < -0.4 is 15.2 Å². The molecule has 8 nitrogen and oxygen atoms in total. The minimum atomic E-state index is -0.521. The van der Waals surface area contributed by atoms with E-state index in [4.69, 9.17) is 4.74 Å². The second kappa shape index (κ2) is 7.45. The molecule has 0 spiro atoms. The highest BCUT2D eigenvalue weighted by molar-refractivity contribution is 5.90. The lowest BCUT2D eigenvalue weighted by molar-refractivity contribution is 0.0279. The number of ether oxygens (including phenoxy) is 1. The van der Waals surface area contributed by atoms with Crippen LogP contribution >= 0.6 is 0 Å². The zero-order chi connectivity index (χ0) is 17.7. The van der Waals surface area contributed by atoms with E-state index in [0.29, 0.717) is 11.1 Å². The van der Waals surface area contributed by atoms with Crippen LogP contribution in [0.4, 0.5) is 11.4 Å². The second-order valence-electron chi connectivity index (χ2n) is 4.69. The summed E-state index contributed by atoms with van der Waals surface area (Å²) < 4.78 is 5.00. The maximum atomic E-state index is 10.7. The van der Waals surface area contributed by atoms with Gasteiger partial charge in [-0.3, -0.25) is 10.4 Å². The van der Waals surface area contributed by atoms with E-state index in [1.54, 1.807) is 6.07 Å². The molecule has 2 aromatic carbocycles. The lowest BCUT2D eigenvalue weighted by Gasteiger charge is -2.37. The lowest BCUT2D eigenvalue weighted by atomic mass is 10.0. The zero-order valence-corrected chi connectivity index (χ0v) is 12.6. The summed E-state index contributed by atoms with van der Waals surface area (Å²) in [7, 11) is 1.38. The van der Waals surface area contributed by atoms with Crippen LogP contribution in [-0.2, 0) is 0 Å². The molecule has 2 aromatic rings. The van der Waals surface area contributed by atoms with Gasteiger partial charge in [-0.05, 0) is 41.5 Å². The Bertz CT molecular complexity index is 779. The summed E-state index contributed by atoms with van der Waals surface area (Å²) in [5, 5.41) is 48.5. The van der Waals surface area contributed by atoms with Gasteiger partial charge in [-0.2, -0.15) is 5.26 Å². The van der Waals surface area contributed by atoms with Gasteiger partial charge >= 0.3 is 0 Å². The van der Waals surface area contributed by atoms with Gasteiger partial charge in [-0.1, -0.05) is 18.2 Å². The Hall–Kier alpha value is -3.09. The Morgan fingerprint density at radius 2 is 1.83 bits per heavy atom. The SMILES string of the molecule is COc1ccc(C=C(C#N)c2ccc(N([O-])[O-])cc2)cc1N(O)O. The number of hydrogen-bond donors (Lipinski definition) is 2. The second-order valence-corrected chi connectivity index (χ2v) is 4.69. The molecule has 0 bridgehead atoms. The van der Waals surface area contributed by atoms with Gasteiger partial charge in [-0.15, -0.1) is 5.23 Å². The Morgan fingerprint density at radius 1 is 1.17 bits per heavy atom. The van der Waals surface area contributed by atoms with Crippen molar-refractivity contribution in [1.29, 1.82) is 5.26 Å². The van der Waals surface area contributed by atoms with Crippen molar-refractivity contribution in [3.8, 4) is 11.8 Å². The maximum absolute atomic E-state index is 10.7. The Kier molecular flexibility index (Phi) is 5.36. The summed E-state index contributed by atoms with van der Waals surface area (Å²) in [5.41, 5.74) is 1.23. The molecule has 0 aliphatic carbocycles. The van der Waals surface area contributed by atoms with Crippen LogP contribution in [0.5, 0.6) is 5.75 Å². The number of nitrogens with zero attached hydrogens (tertiary/aromatic N) is 3. The monoisotopic (exact) mass is 327 g/mol. The van der Waals surface area contributed by atoms with E-state index < -0.39 is 5.23 Å². The van der Waals surface area contributed by atoms with Crippen LogP contribution in [0.25, 0.3) is 11.6 Å². The minimum absolute atomic E-state index is 0.00670. The van der Waals surface area contributed by atoms with Gasteiger partial charge < -0.3 is 20.4 Å². The van der Waals surface area contributed by atoms with Gasteiger partial charge in [0.15, 0.2) is 0 Å². The van der Waals surface area contributed by atoms with Crippen molar-refractivity contribution < 1.29 is 15.2 Å². The molecule has 0 atom stereocenters. The topological polar surface area (TPSA) is 126 Å². The highest BCUT2D eigenvalue weighted by atomic mass is 16.8. The predicted molar refractivity (Wildman–Crippen MR) is 88.2 cm³/mol. The molecule has 0 fully saturated rings. The molecule has 0 radical (unpaired) electrons. The molecule has 2 rings (SSSR count). The number of allylic oxidation sites excluding steroid dienone is 1. The highest BCUT2D eigenvalue weighted by Crippen LogP contribution is 2.29. The summed E-state index contributed by atoms with van der Waals surface area (Å²) in [5.74, 6) is 0.242. The van der Waals surface area contributed by atoms with Crippen LogP contribution in [-0.4, -0.2) is 17.5 Å². The average Bonchev–Trinajstić information content (AvgIpc) is 2.59. The Balaban J connectivity index is 2.40. The molecule has 0 heterocycles. The molecule has 8 heteroatoms. The highest BCUT2D eigenvalue weighted by Gasteiger charge is 2.09. The van der Waals surface area contributed by atoms with E-state index in [1.807, 2.05) is 6.07 Å². The first kappa shape index (κ1) is 17.3. The number of anilines is 2. The molecule has 24 heavy (non-hydrogen) atoms. The smallest absolute Gasteiger partial charge is 0.147 e. The summed E-state index contributed by atoms with van der Waals surface area (Å²) in [6.45, 7) is 0. The summed E-state index contributed by atoms with van der Waals surface area (Å²) in [4.78, 5) is 0. The first-order valence-corrected chi connectivity index (χ1v) is 6.69. The van der Waals surface area contributed by atoms with E-state index in [2.05, 4.69) is 0 Å². The largest absolute Gasteiger partial charge is 0.769 e. The van der Waals surface area contributed by atoms with Crippen molar-refractivity contribution in [1.82, 2.24) is 0 Å². The fourth-order valence-corrected chi connectivity index (χ4v) is 2.06.